The number of halogens is 2. The summed E-state index contributed by atoms with van der Waals surface area (Å²) in [6, 6.07) is 2.69. The Bertz CT molecular complexity index is 933. The number of nitrogens with zero attached hydrogens (tertiary/aromatic N) is 1. The first-order valence-electron chi connectivity index (χ1n) is 10.8. The number of imide groups is 2. The highest BCUT2D eigenvalue weighted by atomic mass is 32.2. The smallest absolute Gasteiger partial charge is 0.331 e. The van der Waals surface area contributed by atoms with Gasteiger partial charge in [0.1, 0.15) is 17.9 Å². The Labute approximate surface area is 194 Å². The number of rotatable bonds is 7. The molecule has 1 unspecified atom stereocenters. The maximum Gasteiger partial charge on any atom is 0.331 e. The van der Waals surface area contributed by atoms with Crippen LogP contribution in [-0.4, -0.2) is 57.1 Å². The van der Waals surface area contributed by atoms with E-state index in [0.29, 0.717) is 26.1 Å². The lowest BCUT2D eigenvalue weighted by atomic mass is 9.91. The van der Waals surface area contributed by atoms with Crippen LogP contribution in [0.25, 0.3) is 0 Å². The minimum absolute atomic E-state index is 0.195. The lowest BCUT2D eigenvalue weighted by Gasteiger charge is -2.38. The predicted octanol–water partition coefficient (Wildman–Crippen LogP) is 2.52. The van der Waals surface area contributed by atoms with Crippen molar-refractivity contribution in [2.75, 3.05) is 13.2 Å². The second kappa shape index (κ2) is 10.4. The second-order valence-electron chi connectivity index (χ2n) is 9.18. The molecule has 11 heteroatoms. The average Bonchev–Trinajstić information content (AvgIpc) is 2.74. The minimum atomic E-state index is -1.87. The van der Waals surface area contributed by atoms with Crippen molar-refractivity contribution in [3.63, 3.8) is 0 Å². The van der Waals surface area contributed by atoms with E-state index in [0.717, 1.165) is 11.0 Å². The van der Waals surface area contributed by atoms with Crippen molar-refractivity contribution >= 4 is 28.8 Å². The molecular weight excluding hydrogens is 456 g/mol. The molecule has 2 heterocycles. The van der Waals surface area contributed by atoms with Crippen LogP contribution in [0.3, 0.4) is 0 Å². The molecule has 2 fully saturated rings. The van der Waals surface area contributed by atoms with Gasteiger partial charge in [0.2, 0.25) is 11.8 Å². The molecule has 2 aliphatic heterocycles. The van der Waals surface area contributed by atoms with Gasteiger partial charge in [0.05, 0.1) is 21.8 Å². The molecule has 0 bridgehead atoms. The molecule has 0 radical (unpaired) electrons. The van der Waals surface area contributed by atoms with Crippen LogP contribution < -0.4 is 10.0 Å². The Morgan fingerprint density at radius 1 is 1.24 bits per heavy atom. The second-order valence-corrected chi connectivity index (χ2v) is 11.2. The van der Waals surface area contributed by atoms with Gasteiger partial charge < -0.3 is 4.74 Å². The van der Waals surface area contributed by atoms with Crippen LogP contribution in [0.4, 0.5) is 13.6 Å². The number of carbonyl (C=O) groups is 3. The number of hydrogen-bond donors (Lipinski definition) is 2. The van der Waals surface area contributed by atoms with Crippen molar-refractivity contribution in [1.29, 1.82) is 0 Å². The summed E-state index contributed by atoms with van der Waals surface area (Å²) in [4.78, 5) is 38.9. The largest absolute Gasteiger partial charge is 0.381 e. The van der Waals surface area contributed by atoms with Crippen LogP contribution in [0.1, 0.15) is 51.6 Å². The standard InChI is InChI=1S/C22H29F2N3O5S/c1-22(2,3)33(31)26-18(13-5-4-6-14(23)11-13)17(24)12-16-19(28)25-21(30)27(20(16)29)15-7-9-32-10-8-15/h4-6,11,15-18,26H,7-10,12H2,1-3H3,(H,25,28,30)/t16?,17-,18+,33+/m1/s1. The number of urea groups is 1. The zero-order chi connectivity index (χ0) is 24.3. The maximum atomic E-state index is 15.7. The molecule has 8 nitrogen and oxygen atoms in total. The normalized spacial score (nSPS) is 23.2. The first kappa shape index (κ1) is 25.4. The van der Waals surface area contributed by atoms with Gasteiger partial charge in [0.25, 0.3) is 0 Å². The quantitative estimate of drug-likeness (QED) is 0.578. The van der Waals surface area contributed by atoms with Crippen LogP contribution in [-0.2, 0) is 25.3 Å². The van der Waals surface area contributed by atoms with E-state index < -0.39 is 70.0 Å². The van der Waals surface area contributed by atoms with Gasteiger partial charge in [-0.25, -0.2) is 22.5 Å². The fraction of sp³-hybridized carbons (Fsp3) is 0.591. The SMILES string of the molecule is CC(C)(C)[S@](=O)N[C@@H](c1cccc(F)c1)[C@H](F)CC1C(=O)NC(=O)N(C2CCOCC2)C1=O. The molecule has 0 aliphatic carbocycles. The third kappa shape index (κ3) is 6.01. The highest BCUT2D eigenvalue weighted by molar-refractivity contribution is 7.84. The molecule has 1 aromatic carbocycles. The van der Waals surface area contributed by atoms with Gasteiger partial charge in [0.15, 0.2) is 0 Å². The molecule has 0 aromatic heterocycles. The number of hydrogen-bond acceptors (Lipinski definition) is 5. The van der Waals surface area contributed by atoms with E-state index in [9.17, 15) is 23.0 Å². The molecule has 182 valence electrons. The van der Waals surface area contributed by atoms with Crippen molar-refractivity contribution in [2.24, 2.45) is 5.92 Å². The molecule has 0 spiro atoms. The Morgan fingerprint density at radius 2 is 1.91 bits per heavy atom. The summed E-state index contributed by atoms with van der Waals surface area (Å²) in [5.74, 6) is -3.70. The Balaban J connectivity index is 1.84. The number of benzene rings is 1. The van der Waals surface area contributed by atoms with Gasteiger partial charge in [-0.3, -0.25) is 19.8 Å². The monoisotopic (exact) mass is 485 g/mol. The van der Waals surface area contributed by atoms with E-state index in [1.165, 1.54) is 18.2 Å². The number of carbonyl (C=O) groups excluding carboxylic acids is 3. The Hall–Kier alpha value is -2.24. The number of ether oxygens (including phenoxy) is 1. The third-order valence-electron chi connectivity index (χ3n) is 5.68. The third-order valence-corrected chi connectivity index (χ3v) is 7.26. The molecule has 2 aliphatic rings. The van der Waals surface area contributed by atoms with E-state index in [2.05, 4.69) is 10.0 Å². The van der Waals surface area contributed by atoms with Gasteiger partial charge in [-0.1, -0.05) is 12.1 Å². The number of barbiturate groups is 1. The van der Waals surface area contributed by atoms with Gasteiger partial charge in [0, 0.05) is 25.7 Å². The van der Waals surface area contributed by atoms with E-state index in [1.54, 1.807) is 20.8 Å². The molecule has 33 heavy (non-hydrogen) atoms. The van der Waals surface area contributed by atoms with Crippen molar-refractivity contribution in [2.45, 2.75) is 63.0 Å². The first-order chi connectivity index (χ1) is 15.5. The van der Waals surface area contributed by atoms with Crippen LogP contribution in [0.5, 0.6) is 0 Å². The number of nitrogens with one attached hydrogen (secondary N) is 2. The highest BCUT2D eigenvalue weighted by Crippen LogP contribution is 2.30. The first-order valence-corrected chi connectivity index (χ1v) is 12.0. The fourth-order valence-corrected chi connectivity index (χ4v) is 4.70. The van der Waals surface area contributed by atoms with Gasteiger partial charge in [-0.2, -0.15) is 0 Å². The van der Waals surface area contributed by atoms with E-state index >= 15 is 4.39 Å². The Morgan fingerprint density at radius 3 is 2.52 bits per heavy atom. The minimum Gasteiger partial charge on any atom is -0.381 e. The molecule has 1 aromatic rings. The van der Waals surface area contributed by atoms with Crippen molar-refractivity contribution in [1.82, 2.24) is 14.9 Å². The summed E-state index contributed by atoms with van der Waals surface area (Å²) in [7, 11) is -1.71. The van der Waals surface area contributed by atoms with Gasteiger partial charge in [-0.05, 0) is 51.3 Å². The van der Waals surface area contributed by atoms with Crippen molar-refractivity contribution < 1.29 is 32.1 Å². The van der Waals surface area contributed by atoms with Crippen LogP contribution in [0.15, 0.2) is 24.3 Å². The summed E-state index contributed by atoms with van der Waals surface area (Å²) in [5, 5.41) is 2.14. The Kier molecular flexibility index (Phi) is 7.96. The fourth-order valence-electron chi connectivity index (χ4n) is 3.83. The van der Waals surface area contributed by atoms with E-state index in [-0.39, 0.29) is 5.56 Å². The van der Waals surface area contributed by atoms with Gasteiger partial charge >= 0.3 is 6.03 Å². The highest BCUT2D eigenvalue weighted by Gasteiger charge is 2.46. The number of alkyl halides is 1. The molecule has 0 saturated carbocycles. The zero-order valence-corrected chi connectivity index (χ0v) is 19.6. The van der Waals surface area contributed by atoms with Crippen LogP contribution in [0.2, 0.25) is 0 Å². The zero-order valence-electron chi connectivity index (χ0n) is 18.8. The molecular formula is C22H29F2N3O5S. The summed E-state index contributed by atoms with van der Waals surface area (Å²) in [6.45, 7) is 5.83. The topological polar surface area (TPSA) is 105 Å². The summed E-state index contributed by atoms with van der Waals surface area (Å²) >= 11 is 0. The summed E-state index contributed by atoms with van der Waals surface area (Å²) < 4.78 is 49.4. The molecule has 2 N–H and O–H groups in total. The van der Waals surface area contributed by atoms with Crippen LogP contribution in [0, 0.1) is 11.7 Å². The lowest BCUT2D eigenvalue weighted by Crippen LogP contribution is -2.62. The predicted molar refractivity (Wildman–Crippen MR) is 117 cm³/mol. The van der Waals surface area contributed by atoms with E-state index in [1.807, 2.05) is 0 Å². The molecule has 3 rings (SSSR count). The number of amides is 4. The van der Waals surface area contributed by atoms with E-state index in [4.69, 9.17) is 4.74 Å². The van der Waals surface area contributed by atoms with Crippen LogP contribution >= 0.6 is 0 Å². The molecule has 4 atom stereocenters. The van der Waals surface area contributed by atoms with Crippen molar-refractivity contribution in [3.05, 3.63) is 35.6 Å². The maximum absolute atomic E-state index is 15.7. The van der Waals surface area contributed by atoms with Crippen molar-refractivity contribution in [3.8, 4) is 0 Å². The molecule has 2 saturated heterocycles. The van der Waals surface area contributed by atoms with Gasteiger partial charge in [-0.15, -0.1) is 0 Å². The molecule has 4 amide bonds. The lowest BCUT2D eigenvalue weighted by molar-refractivity contribution is -0.146. The summed E-state index contributed by atoms with van der Waals surface area (Å²) in [5.41, 5.74) is 0.195. The summed E-state index contributed by atoms with van der Waals surface area (Å²) in [6.07, 6.45) is -1.58. The average molecular weight is 486 g/mol.